The minimum atomic E-state index is 0.358. The van der Waals surface area contributed by atoms with Crippen molar-refractivity contribution < 1.29 is 9.47 Å². The van der Waals surface area contributed by atoms with Gasteiger partial charge in [-0.05, 0) is 36.6 Å². The monoisotopic (exact) mass is 331 g/mol. The Morgan fingerprint density at radius 1 is 1.13 bits per heavy atom. The lowest BCUT2D eigenvalue weighted by Gasteiger charge is -2.14. The maximum absolute atomic E-state index is 5.97. The van der Waals surface area contributed by atoms with Gasteiger partial charge in [-0.25, -0.2) is 0 Å². The minimum absolute atomic E-state index is 0.358. The zero-order valence-corrected chi connectivity index (χ0v) is 13.9. The van der Waals surface area contributed by atoms with E-state index in [0.717, 1.165) is 42.5 Å². The van der Waals surface area contributed by atoms with E-state index in [4.69, 9.17) is 21.1 Å². The minimum Gasteiger partial charge on any atom is -0.489 e. The molecule has 2 aromatic rings. The molecule has 1 aliphatic rings. The number of halogens is 1. The summed E-state index contributed by atoms with van der Waals surface area (Å²) in [5.41, 5.74) is 2.27. The molecule has 0 saturated carbocycles. The number of hydrogen-bond donors (Lipinski definition) is 1. The molecule has 3 rings (SSSR count). The molecule has 1 saturated heterocycles. The van der Waals surface area contributed by atoms with E-state index in [9.17, 15) is 0 Å². The lowest BCUT2D eigenvalue weighted by Crippen LogP contribution is -2.25. The summed E-state index contributed by atoms with van der Waals surface area (Å²) in [6, 6.07) is 15.9. The molecule has 23 heavy (non-hydrogen) atoms. The zero-order chi connectivity index (χ0) is 15.9. The van der Waals surface area contributed by atoms with Crippen molar-refractivity contribution in [1.82, 2.24) is 5.32 Å². The van der Waals surface area contributed by atoms with E-state index < -0.39 is 0 Å². The quantitative estimate of drug-likeness (QED) is 0.825. The van der Waals surface area contributed by atoms with Crippen molar-refractivity contribution in [3.63, 3.8) is 0 Å². The van der Waals surface area contributed by atoms with Crippen LogP contribution in [-0.4, -0.2) is 19.3 Å². The van der Waals surface area contributed by atoms with E-state index in [1.54, 1.807) is 0 Å². The fraction of sp³-hybridized carbons (Fsp3) is 0.368. The van der Waals surface area contributed by atoms with Gasteiger partial charge in [0.15, 0.2) is 0 Å². The second-order valence-corrected chi connectivity index (χ2v) is 6.23. The highest BCUT2D eigenvalue weighted by Crippen LogP contribution is 2.20. The molecule has 4 heteroatoms. The molecule has 1 aliphatic heterocycles. The van der Waals surface area contributed by atoms with Crippen LogP contribution in [0.5, 0.6) is 5.75 Å². The standard InChI is InChI=1S/C19H22ClNO2/c20-17-9-7-15(8-10-17)14-23-19-6-2-1-4-16(19)12-21-13-18-5-3-11-22-18/h1-2,4,6-10,18,21H,3,5,11-14H2/t18-/m0/s1. The fourth-order valence-corrected chi connectivity index (χ4v) is 2.83. The summed E-state index contributed by atoms with van der Waals surface area (Å²) in [5, 5.41) is 4.21. The van der Waals surface area contributed by atoms with Crippen LogP contribution in [0, 0.1) is 0 Å². The van der Waals surface area contributed by atoms with E-state index in [1.165, 1.54) is 12.0 Å². The molecule has 1 heterocycles. The van der Waals surface area contributed by atoms with Gasteiger partial charge in [0.1, 0.15) is 12.4 Å². The summed E-state index contributed by atoms with van der Waals surface area (Å²) in [5.74, 6) is 0.919. The zero-order valence-electron chi connectivity index (χ0n) is 13.1. The molecule has 3 nitrogen and oxygen atoms in total. The van der Waals surface area contributed by atoms with Gasteiger partial charge in [-0.2, -0.15) is 0 Å². The smallest absolute Gasteiger partial charge is 0.124 e. The van der Waals surface area contributed by atoms with E-state index in [1.807, 2.05) is 42.5 Å². The molecule has 1 fully saturated rings. The topological polar surface area (TPSA) is 30.5 Å². The molecule has 122 valence electrons. The number of hydrogen-bond acceptors (Lipinski definition) is 3. The highest BCUT2D eigenvalue weighted by molar-refractivity contribution is 6.30. The van der Waals surface area contributed by atoms with Gasteiger partial charge in [0.25, 0.3) is 0 Å². The van der Waals surface area contributed by atoms with Gasteiger partial charge in [0, 0.05) is 30.3 Å². The molecule has 1 atom stereocenters. The summed E-state index contributed by atoms with van der Waals surface area (Å²) in [6.07, 6.45) is 2.69. The Morgan fingerprint density at radius 2 is 1.96 bits per heavy atom. The summed E-state index contributed by atoms with van der Waals surface area (Å²) < 4.78 is 11.6. The maximum Gasteiger partial charge on any atom is 0.124 e. The lowest BCUT2D eigenvalue weighted by atomic mass is 10.2. The summed E-state index contributed by atoms with van der Waals surface area (Å²) in [7, 11) is 0. The van der Waals surface area contributed by atoms with Crippen LogP contribution in [0.15, 0.2) is 48.5 Å². The largest absolute Gasteiger partial charge is 0.489 e. The van der Waals surface area contributed by atoms with E-state index in [-0.39, 0.29) is 0 Å². The Kier molecular flexibility index (Phi) is 5.92. The number of para-hydroxylation sites is 1. The van der Waals surface area contributed by atoms with Crippen LogP contribution in [0.25, 0.3) is 0 Å². The number of benzene rings is 2. The van der Waals surface area contributed by atoms with Crippen molar-refractivity contribution in [3.8, 4) is 5.75 Å². The highest BCUT2D eigenvalue weighted by Gasteiger charge is 2.14. The average Bonchev–Trinajstić information content (AvgIpc) is 3.09. The van der Waals surface area contributed by atoms with Gasteiger partial charge in [0.05, 0.1) is 6.10 Å². The van der Waals surface area contributed by atoms with Gasteiger partial charge < -0.3 is 14.8 Å². The summed E-state index contributed by atoms with van der Waals surface area (Å²) in [6.45, 7) is 3.12. The third-order valence-corrected chi connectivity index (χ3v) is 4.24. The molecular weight excluding hydrogens is 310 g/mol. The number of ether oxygens (including phenoxy) is 2. The second-order valence-electron chi connectivity index (χ2n) is 5.79. The van der Waals surface area contributed by atoms with Crippen molar-refractivity contribution >= 4 is 11.6 Å². The van der Waals surface area contributed by atoms with Gasteiger partial charge in [0.2, 0.25) is 0 Å². The fourth-order valence-electron chi connectivity index (χ4n) is 2.71. The van der Waals surface area contributed by atoms with Gasteiger partial charge in [-0.3, -0.25) is 0 Å². The number of nitrogens with one attached hydrogen (secondary N) is 1. The Balaban J connectivity index is 1.53. The van der Waals surface area contributed by atoms with E-state index in [2.05, 4.69) is 11.4 Å². The maximum atomic E-state index is 5.97. The molecule has 0 radical (unpaired) electrons. The van der Waals surface area contributed by atoms with Crippen molar-refractivity contribution in [2.24, 2.45) is 0 Å². The Hall–Kier alpha value is -1.55. The van der Waals surface area contributed by atoms with Crippen LogP contribution in [0.3, 0.4) is 0 Å². The predicted octanol–water partition coefficient (Wildman–Crippen LogP) is 4.19. The molecule has 1 N–H and O–H groups in total. The van der Waals surface area contributed by atoms with Gasteiger partial charge >= 0.3 is 0 Å². The third-order valence-electron chi connectivity index (χ3n) is 3.99. The molecule has 0 unspecified atom stereocenters. The van der Waals surface area contributed by atoms with Crippen LogP contribution in [-0.2, 0) is 17.9 Å². The van der Waals surface area contributed by atoms with Crippen LogP contribution in [0.2, 0.25) is 5.02 Å². The first-order valence-corrected chi connectivity index (χ1v) is 8.46. The third kappa shape index (κ3) is 4.96. The normalized spacial score (nSPS) is 17.3. The van der Waals surface area contributed by atoms with Crippen LogP contribution in [0.4, 0.5) is 0 Å². The Morgan fingerprint density at radius 3 is 2.74 bits per heavy atom. The van der Waals surface area contributed by atoms with Crippen LogP contribution >= 0.6 is 11.6 Å². The van der Waals surface area contributed by atoms with Crippen molar-refractivity contribution in [3.05, 3.63) is 64.7 Å². The van der Waals surface area contributed by atoms with Crippen LogP contribution in [0.1, 0.15) is 24.0 Å². The molecule has 0 aromatic heterocycles. The molecule has 0 amide bonds. The van der Waals surface area contributed by atoms with Crippen molar-refractivity contribution in [2.75, 3.05) is 13.2 Å². The SMILES string of the molecule is Clc1ccc(COc2ccccc2CNC[C@@H]2CCCO2)cc1. The van der Waals surface area contributed by atoms with E-state index >= 15 is 0 Å². The molecular formula is C19H22ClNO2. The lowest BCUT2D eigenvalue weighted by molar-refractivity contribution is 0.110. The summed E-state index contributed by atoms with van der Waals surface area (Å²) in [4.78, 5) is 0. The first-order valence-electron chi connectivity index (χ1n) is 8.09. The molecule has 0 bridgehead atoms. The first kappa shape index (κ1) is 16.3. The molecule has 0 spiro atoms. The van der Waals surface area contributed by atoms with Crippen LogP contribution < -0.4 is 10.1 Å². The molecule has 0 aliphatic carbocycles. The van der Waals surface area contributed by atoms with Gasteiger partial charge in [-0.1, -0.05) is 41.9 Å². The molecule has 2 aromatic carbocycles. The van der Waals surface area contributed by atoms with Gasteiger partial charge in [-0.15, -0.1) is 0 Å². The van der Waals surface area contributed by atoms with E-state index in [0.29, 0.717) is 12.7 Å². The summed E-state index contributed by atoms with van der Waals surface area (Å²) >= 11 is 5.91. The highest BCUT2D eigenvalue weighted by atomic mass is 35.5. The predicted molar refractivity (Wildman–Crippen MR) is 92.9 cm³/mol. The first-order chi connectivity index (χ1) is 11.3. The van der Waals surface area contributed by atoms with Crippen molar-refractivity contribution in [2.45, 2.75) is 32.1 Å². The van der Waals surface area contributed by atoms with Crippen molar-refractivity contribution in [1.29, 1.82) is 0 Å². The Labute approximate surface area is 142 Å². The average molecular weight is 332 g/mol. The number of rotatable bonds is 7. The Bertz CT molecular complexity index is 609. The second kappa shape index (κ2) is 8.34.